The number of aryl methyl sites for hydroxylation is 1. The fourth-order valence-electron chi connectivity index (χ4n) is 7.72. The molecule has 3 aliphatic heterocycles. The van der Waals surface area contributed by atoms with Crippen molar-refractivity contribution in [3.8, 4) is 0 Å². The Kier molecular flexibility index (Phi) is 10.2. The molecule has 56 heavy (non-hydrogen) atoms. The summed E-state index contributed by atoms with van der Waals surface area (Å²) in [7, 11) is 0. The van der Waals surface area contributed by atoms with Gasteiger partial charge in [-0.2, -0.15) is 15.0 Å². The molecule has 16 heteroatoms. The van der Waals surface area contributed by atoms with Gasteiger partial charge < -0.3 is 44.6 Å². The molecule has 9 rings (SSSR count). The van der Waals surface area contributed by atoms with Crippen molar-refractivity contribution in [2.45, 2.75) is 56.3 Å². The van der Waals surface area contributed by atoms with E-state index in [4.69, 9.17) is 33.9 Å². The van der Waals surface area contributed by atoms with Gasteiger partial charge in [0.15, 0.2) is 35.1 Å². The van der Waals surface area contributed by atoms with Gasteiger partial charge in [-0.1, -0.05) is 72.7 Å². The van der Waals surface area contributed by atoms with E-state index in [-0.39, 0.29) is 17.9 Å². The number of aliphatic hydroxyl groups is 2. The maximum Gasteiger partial charge on any atom is 0.258 e. The van der Waals surface area contributed by atoms with E-state index in [2.05, 4.69) is 67.0 Å². The Morgan fingerprint density at radius 3 is 2.32 bits per heavy atom. The number of fused-ring (bicyclic) bond motifs is 1. The summed E-state index contributed by atoms with van der Waals surface area (Å²) in [5.74, 6) is 2.62. The molecule has 0 amide bonds. The third kappa shape index (κ3) is 7.23. The fourth-order valence-corrected chi connectivity index (χ4v) is 7.72. The monoisotopic (exact) mass is 759 g/mol. The number of pyridine rings is 1. The van der Waals surface area contributed by atoms with Crippen LogP contribution in [0.5, 0.6) is 0 Å². The number of benzene rings is 2. The van der Waals surface area contributed by atoms with E-state index >= 15 is 0 Å². The van der Waals surface area contributed by atoms with E-state index in [0.29, 0.717) is 68.0 Å². The molecule has 0 unspecified atom stereocenters. The van der Waals surface area contributed by atoms with Gasteiger partial charge in [0, 0.05) is 51.1 Å². The zero-order chi connectivity index (χ0) is 38.0. The van der Waals surface area contributed by atoms with Crippen LogP contribution < -0.4 is 20.4 Å². The maximum atomic E-state index is 11.3. The topological polar surface area (TPSA) is 185 Å². The van der Waals surface area contributed by atoms with Gasteiger partial charge in [0.05, 0.1) is 31.4 Å². The van der Waals surface area contributed by atoms with Crippen LogP contribution in [0.15, 0.2) is 89.8 Å². The summed E-state index contributed by atoms with van der Waals surface area (Å²) in [6.45, 7) is 6.90. The SMILES string of the molecule is CCc1noc([C@H]2O[C@@H](n3cnc4c(NCC(c5ccccc5)c5ccccc5)nc(N5CC[C@@H](Nc6ccc(N7CCOCC7)nc6)C5)nc43)[C@H](O)[C@@H]2O)n1. The van der Waals surface area contributed by atoms with Crippen molar-refractivity contribution in [1.82, 2.24) is 34.6 Å². The average molecular weight is 760 g/mol. The number of anilines is 4. The maximum absolute atomic E-state index is 11.3. The number of rotatable bonds is 12. The van der Waals surface area contributed by atoms with Crippen molar-refractivity contribution in [3.05, 3.63) is 108 Å². The minimum absolute atomic E-state index is 0.0230. The minimum atomic E-state index is -1.33. The largest absolute Gasteiger partial charge is 0.387 e. The predicted molar refractivity (Wildman–Crippen MR) is 209 cm³/mol. The number of nitrogens with one attached hydrogen (secondary N) is 2. The lowest BCUT2D eigenvalue weighted by Gasteiger charge is -2.28. The van der Waals surface area contributed by atoms with Gasteiger partial charge in [-0.25, -0.2) is 9.97 Å². The first-order chi connectivity index (χ1) is 27.5. The smallest absolute Gasteiger partial charge is 0.258 e. The van der Waals surface area contributed by atoms with Crippen LogP contribution in [-0.2, 0) is 15.9 Å². The molecule has 0 saturated carbocycles. The molecule has 7 heterocycles. The standard InChI is InChI=1S/C40H45N11O5/c1-2-30-45-38(56-48-30)35-33(52)34(53)39(55-35)51-24-43-32-36(42-22-29(25-9-5-3-6-10-25)26-11-7-4-8-12-26)46-40(47-37(32)51)50-16-15-28(23-50)44-27-13-14-31(41-21-27)49-17-19-54-20-18-49/h3-14,21,24,28-29,33-35,39,44,52-53H,2,15-20,22-23H2,1H3,(H,42,46,47)/t28-,33+,34-,35+,39-/m1/s1. The second-order valence-corrected chi connectivity index (χ2v) is 14.4. The first kappa shape index (κ1) is 36.0. The van der Waals surface area contributed by atoms with Gasteiger partial charge in [0.2, 0.25) is 5.95 Å². The highest BCUT2D eigenvalue weighted by Gasteiger charge is 2.48. The average Bonchev–Trinajstić information content (AvgIpc) is 4.07. The van der Waals surface area contributed by atoms with E-state index in [1.807, 2.05) is 49.5 Å². The molecule has 16 nitrogen and oxygen atoms in total. The van der Waals surface area contributed by atoms with Crippen molar-refractivity contribution in [1.29, 1.82) is 0 Å². The highest BCUT2D eigenvalue weighted by atomic mass is 16.6. The zero-order valence-corrected chi connectivity index (χ0v) is 31.1. The molecule has 0 spiro atoms. The van der Waals surface area contributed by atoms with Gasteiger partial charge in [-0.15, -0.1) is 0 Å². The lowest BCUT2D eigenvalue weighted by molar-refractivity contribution is -0.0451. The Morgan fingerprint density at radius 2 is 1.62 bits per heavy atom. The van der Waals surface area contributed by atoms with E-state index in [9.17, 15) is 10.2 Å². The molecule has 0 aliphatic carbocycles. The summed E-state index contributed by atoms with van der Waals surface area (Å²) >= 11 is 0. The summed E-state index contributed by atoms with van der Waals surface area (Å²) < 4.78 is 18.8. The third-order valence-electron chi connectivity index (χ3n) is 10.8. The summed E-state index contributed by atoms with van der Waals surface area (Å²) in [6.07, 6.45) is 0.167. The first-order valence-electron chi connectivity index (χ1n) is 19.2. The van der Waals surface area contributed by atoms with E-state index in [0.717, 1.165) is 42.1 Å². The van der Waals surface area contributed by atoms with Gasteiger partial charge in [-0.05, 0) is 29.7 Å². The van der Waals surface area contributed by atoms with Crippen LogP contribution in [0.25, 0.3) is 11.2 Å². The summed E-state index contributed by atoms with van der Waals surface area (Å²) in [5, 5.41) is 33.7. The Morgan fingerprint density at radius 1 is 0.857 bits per heavy atom. The van der Waals surface area contributed by atoms with Crippen LogP contribution in [0, 0.1) is 0 Å². The number of hydrogen-bond donors (Lipinski definition) is 4. The van der Waals surface area contributed by atoms with Crippen molar-refractivity contribution in [3.63, 3.8) is 0 Å². The van der Waals surface area contributed by atoms with Crippen molar-refractivity contribution < 1.29 is 24.2 Å². The van der Waals surface area contributed by atoms with Crippen LogP contribution in [0.2, 0.25) is 0 Å². The molecule has 4 aromatic heterocycles. The van der Waals surface area contributed by atoms with E-state index < -0.39 is 24.5 Å². The minimum Gasteiger partial charge on any atom is -0.387 e. The van der Waals surface area contributed by atoms with Crippen LogP contribution in [0.3, 0.4) is 0 Å². The van der Waals surface area contributed by atoms with Crippen LogP contribution in [0.4, 0.5) is 23.3 Å². The normalized spacial score (nSPS) is 22.7. The number of morpholine rings is 1. The Bertz CT molecular complexity index is 2180. The lowest BCUT2D eigenvalue weighted by atomic mass is 9.91. The molecule has 6 aromatic rings. The highest BCUT2D eigenvalue weighted by molar-refractivity contribution is 5.84. The van der Waals surface area contributed by atoms with Crippen LogP contribution in [0.1, 0.15) is 54.4 Å². The van der Waals surface area contributed by atoms with Crippen LogP contribution in [-0.4, -0.2) is 109 Å². The lowest BCUT2D eigenvalue weighted by Crippen LogP contribution is -2.36. The molecule has 2 aromatic carbocycles. The molecule has 290 valence electrons. The molecular formula is C40H45N11O5. The number of aliphatic hydroxyl groups excluding tert-OH is 2. The molecule has 4 N–H and O–H groups in total. The molecule has 3 aliphatic rings. The number of imidazole rings is 1. The predicted octanol–water partition coefficient (Wildman–Crippen LogP) is 3.93. The number of aromatic nitrogens is 7. The molecular weight excluding hydrogens is 715 g/mol. The van der Waals surface area contributed by atoms with Gasteiger partial charge in [0.1, 0.15) is 18.0 Å². The fraction of sp³-hybridized carbons (Fsp3) is 0.400. The molecule has 5 atom stereocenters. The Balaban J connectivity index is 1.01. The number of nitrogens with zero attached hydrogens (tertiary/aromatic N) is 9. The molecule has 3 fully saturated rings. The van der Waals surface area contributed by atoms with E-state index in [1.165, 1.54) is 0 Å². The number of ether oxygens (including phenoxy) is 2. The summed E-state index contributed by atoms with van der Waals surface area (Å²) in [5.41, 5.74) is 4.24. The van der Waals surface area contributed by atoms with Crippen molar-refractivity contribution in [2.24, 2.45) is 0 Å². The quantitative estimate of drug-likeness (QED) is 0.141. The van der Waals surface area contributed by atoms with Gasteiger partial charge in [0.25, 0.3) is 5.89 Å². The second-order valence-electron chi connectivity index (χ2n) is 14.4. The second kappa shape index (κ2) is 15.8. The zero-order valence-electron chi connectivity index (χ0n) is 31.1. The molecule has 0 bridgehead atoms. The van der Waals surface area contributed by atoms with Gasteiger partial charge >= 0.3 is 0 Å². The molecule has 0 radical (unpaired) electrons. The highest BCUT2D eigenvalue weighted by Crippen LogP contribution is 2.40. The third-order valence-corrected chi connectivity index (χ3v) is 10.8. The Hall–Kier alpha value is -5.68. The molecule has 3 saturated heterocycles. The van der Waals surface area contributed by atoms with E-state index in [1.54, 1.807) is 10.9 Å². The van der Waals surface area contributed by atoms with Crippen molar-refractivity contribution >= 4 is 34.4 Å². The summed E-state index contributed by atoms with van der Waals surface area (Å²) in [6, 6.07) is 25.0. The van der Waals surface area contributed by atoms with Gasteiger partial charge in [-0.3, -0.25) is 4.57 Å². The summed E-state index contributed by atoms with van der Waals surface area (Å²) in [4.78, 5) is 28.3. The number of hydrogen-bond acceptors (Lipinski definition) is 15. The Labute approximate surface area is 323 Å². The van der Waals surface area contributed by atoms with Crippen LogP contribution >= 0.6 is 0 Å². The van der Waals surface area contributed by atoms with Crippen molar-refractivity contribution in [2.75, 3.05) is 66.4 Å². The first-order valence-corrected chi connectivity index (χ1v) is 19.2.